The third-order valence-electron chi connectivity index (χ3n) is 7.28. The van der Waals surface area contributed by atoms with Crippen molar-refractivity contribution in [2.45, 2.75) is 37.3 Å². The number of hydrogen-bond donors (Lipinski definition) is 3. The van der Waals surface area contributed by atoms with E-state index in [1.54, 1.807) is 55.5 Å². The SMILES string of the molecule is CCOC(=O)c1c(-c2ccc(C)cc2)csc1NC(=O)C(CC)Sc1cccc(NC(=O)c2cccc3cccc(C(=O)O)c23)c1. The number of rotatable bonds is 11. The summed E-state index contributed by atoms with van der Waals surface area (Å²) in [5.41, 5.74) is 3.77. The largest absolute Gasteiger partial charge is 0.478 e. The molecule has 0 spiro atoms. The maximum atomic E-state index is 13.5. The number of carboxylic acid groups (broad SMARTS) is 1. The van der Waals surface area contributed by atoms with Gasteiger partial charge in [0.15, 0.2) is 0 Å². The summed E-state index contributed by atoms with van der Waals surface area (Å²) in [6.07, 6.45) is 0.506. The molecule has 0 saturated heterocycles. The smallest absolute Gasteiger partial charge is 0.341 e. The fourth-order valence-electron chi connectivity index (χ4n) is 5.03. The van der Waals surface area contributed by atoms with Crippen molar-refractivity contribution >= 4 is 68.3 Å². The van der Waals surface area contributed by atoms with Gasteiger partial charge in [-0.05, 0) is 61.5 Å². The number of carbonyl (C=O) groups excluding carboxylic acids is 3. The number of thiophene rings is 1. The Morgan fingerprint density at radius 3 is 2.26 bits per heavy atom. The number of aryl methyl sites for hydroxylation is 1. The zero-order valence-corrected chi connectivity index (χ0v) is 27.1. The van der Waals surface area contributed by atoms with Crippen LogP contribution >= 0.6 is 23.1 Å². The third kappa shape index (κ3) is 7.14. The predicted octanol–water partition coefficient (Wildman–Crippen LogP) is 8.51. The molecule has 0 saturated carbocycles. The number of esters is 1. The van der Waals surface area contributed by atoms with Crippen LogP contribution in [-0.2, 0) is 9.53 Å². The Balaban J connectivity index is 1.34. The molecule has 5 aromatic rings. The quantitative estimate of drug-likeness (QED) is 0.0966. The minimum atomic E-state index is -1.11. The summed E-state index contributed by atoms with van der Waals surface area (Å²) in [7, 11) is 0. The average Bonchev–Trinajstić information content (AvgIpc) is 3.46. The molecule has 234 valence electrons. The van der Waals surface area contributed by atoms with Gasteiger partial charge in [-0.3, -0.25) is 9.59 Å². The minimum Gasteiger partial charge on any atom is -0.478 e. The number of hydrogen-bond acceptors (Lipinski definition) is 7. The van der Waals surface area contributed by atoms with Crippen molar-refractivity contribution in [2.24, 2.45) is 0 Å². The number of anilines is 2. The normalized spacial score (nSPS) is 11.5. The number of thioether (sulfide) groups is 1. The van der Waals surface area contributed by atoms with E-state index in [0.29, 0.717) is 39.0 Å². The number of aromatic carboxylic acids is 1. The van der Waals surface area contributed by atoms with E-state index in [0.717, 1.165) is 16.0 Å². The molecule has 1 heterocycles. The second-order valence-corrected chi connectivity index (χ2v) is 12.6. The number of ether oxygens (including phenoxy) is 1. The molecular weight excluding hydrogens is 621 g/mol. The topological polar surface area (TPSA) is 122 Å². The van der Waals surface area contributed by atoms with Crippen molar-refractivity contribution < 1.29 is 29.0 Å². The Morgan fingerprint density at radius 1 is 0.891 bits per heavy atom. The summed E-state index contributed by atoms with van der Waals surface area (Å²) in [6, 6.07) is 24.9. The second-order valence-electron chi connectivity index (χ2n) is 10.4. The maximum Gasteiger partial charge on any atom is 0.341 e. The molecule has 1 unspecified atom stereocenters. The lowest BCUT2D eigenvalue weighted by molar-refractivity contribution is -0.115. The number of nitrogens with one attached hydrogen (secondary N) is 2. The van der Waals surface area contributed by atoms with Crippen molar-refractivity contribution in [1.82, 2.24) is 0 Å². The van der Waals surface area contributed by atoms with Crippen LogP contribution in [0.4, 0.5) is 10.7 Å². The summed E-state index contributed by atoms with van der Waals surface area (Å²) >= 11 is 2.61. The summed E-state index contributed by atoms with van der Waals surface area (Å²) < 4.78 is 5.34. The monoisotopic (exact) mass is 652 g/mol. The van der Waals surface area contributed by atoms with Crippen LogP contribution in [-0.4, -0.2) is 40.7 Å². The molecule has 0 aliphatic carbocycles. The van der Waals surface area contributed by atoms with Crippen molar-refractivity contribution in [3.05, 3.63) is 113 Å². The molecule has 0 aliphatic rings. The molecule has 0 bridgehead atoms. The number of carboxylic acids is 1. The highest BCUT2D eigenvalue weighted by Gasteiger charge is 2.26. The van der Waals surface area contributed by atoms with E-state index in [-0.39, 0.29) is 23.6 Å². The van der Waals surface area contributed by atoms with Crippen LogP contribution in [0.1, 0.15) is 56.9 Å². The van der Waals surface area contributed by atoms with Gasteiger partial charge < -0.3 is 20.5 Å². The Morgan fingerprint density at radius 2 is 1.59 bits per heavy atom. The van der Waals surface area contributed by atoms with E-state index in [2.05, 4.69) is 10.6 Å². The lowest BCUT2D eigenvalue weighted by atomic mass is 9.98. The van der Waals surface area contributed by atoms with Crippen LogP contribution in [0.15, 0.2) is 95.2 Å². The number of amides is 2. The van der Waals surface area contributed by atoms with Crippen LogP contribution in [0.3, 0.4) is 0 Å². The fourth-order valence-corrected chi connectivity index (χ4v) is 7.01. The fraction of sp³-hybridized carbons (Fsp3) is 0.167. The van der Waals surface area contributed by atoms with E-state index in [1.165, 1.54) is 29.2 Å². The van der Waals surface area contributed by atoms with E-state index < -0.39 is 23.1 Å². The lowest BCUT2D eigenvalue weighted by Gasteiger charge is -2.16. The third-order valence-corrected chi connectivity index (χ3v) is 9.54. The van der Waals surface area contributed by atoms with Crippen molar-refractivity contribution in [1.29, 1.82) is 0 Å². The van der Waals surface area contributed by atoms with E-state index in [9.17, 15) is 24.3 Å². The molecule has 1 aromatic heterocycles. The number of benzene rings is 4. The predicted molar refractivity (Wildman–Crippen MR) is 184 cm³/mol. The molecule has 0 aliphatic heterocycles. The Kier molecular flexibility index (Phi) is 10.2. The van der Waals surface area contributed by atoms with Gasteiger partial charge in [0.05, 0.1) is 17.4 Å². The van der Waals surface area contributed by atoms with Gasteiger partial charge in [0, 0.05) is 32.5 Å². The average molecular weight is 653 g/mol. The highest BCUT2D eigenvalue weighted by molar-refractivity contribution is 8.00. The molecule has 1 atom stereocenters. The Hall–Kier alpha value is -4.93. The summed E-state index contributed by atoms with van der Waals surface area (Å²) in [6.45, 7) is 5.84. The zero-order chi connectivity index (χ0) is 32.8. The van der Waals surface area contributed by atoms with E-state index >= 15 is 0 Å². The molecule has 4 aromatic carbocycles. The molecular formula is C36H32N2O6S2. The molecule has 10 heteroatoms. The Bertz CT molecular complexity index is 1930. The van der Waals surface area contributed by atoms with E-state index in [4.69, 9.17) is 4.74 Å². The molecule has 3 N–H and O–H groups in total. The molecule has 46 heavy (non-hydrogen) atoms. The first-order chi connectivity index (χ1) is 22.2. The van der Waals surface area contributed by atoms with Gasteiger partial charge in [-0.2, -0.15) is 0 Å². The van der Waals surface area contributed by atoms with Crippen molar-refractivity contribution in [2.75, 3.05) is 17.2 Å². The van der Waals surface area contributed by atoms with Crippen LogP contribution in [0.25, 0.3) is 21.9 Å². The zero-order valence-electron chi connectivity index (χ0n) is 25.5. The maximum absolute atomic E-state index is 13.5. The first-order valence-corrected chi connectivity index (χ1v) is 16.5. The van der Waals surface area contributed by atoms with Gasteiger partial charge in [0.25, 0.3) is 5.91 Å². The van der Waals surface area contributed by atoms with Crippen LogP contribution < -0.4 is 10.6 Å². The van der Waals surface area contributed by atoms with Crippen LogP contribution in [0.2, 0.25) is 0 Å². The number of carbonyl (C=O) groups is 4. The molecule has 0 fully saturated rings. The first kappa shape index (κ1) is 32.5. The summed E-state index contributed by atoms with van der Waals surface area (Å²) in [5, 5.41) is 18.3. The van der Waals surface area contributed by atoms with Gasteiger partial charge >= 0.3 is 11.9 Å². The standard InChI is InChI=1S/C36H32N2O6S2/c1-4-29(33(40)38-34-31(36(43)44-5-2)28(20-45-34)22-17-15-21(3)16-18-22)46-25-12-8-11-24(19-25)37-32(39)26-13-6-9-23-10-7-14-27(30(23)26)35(41)42/h6-20,29H,4-5H2,1-3H3,(H,37,39)(H,38,40)(H,41,42). The van der Waals surface area contributed by atoms with Gasteiger partial charge in [0.1, 0.15) is 10.6 Å². The second kappa shape index (κ2) is 14.4. The highest BCUT2D eigenvalue weighted by Crippen LogP contribution is 2.37. The van der Waals surface area contributed by atoms with Crippen LogP contribution in [0, 0.1) is 6.92 Å². The van der Waals surface area contributed by atoms with Crippen LogP contribution in [0.5, 0.6) is 0 Å². The molecule has 0 radical (unpaired) electrons. The first-order valence-electron chi connectivity index (χ1n) is 14.7. The summed E-state index contributed by atoms with van der Waals surface area (Å²) in [5.74, 6) is -2.32. The lowest BCUT2D eigenvalue weighted by Crippen LogP contribution is -2.25. The summed E-state index contributed by atoms with van der Waals surface area (Å²) in [4.78, 5) is 52.5. The highest BCUT2D eigenvalue weighted by atomic mass is 32.2. The molecule has 2 amide bonds. The minimum absolute atomic E-state index is 0.0483. The molecule has 8 nitrogen and oxygen atoms in total. The van der Waals surface area contributed by atoms with Gasteiger partial charge in [-0.25, -0.2) is 9.59 Å². The Labute approximate surface area is 274 Å². The number of fused-ring (bicyclic) bond motifs is 1. The van der Waals surface area contributed by atoms with Crippen molar-refractivity contribution in [3.63, 3.8) is 0 Å². The molecule has 5 rings (SSSR count). The van der Waals surface area contributed by atoms with Gasteiger partial charge in [0.2, 0.25) is 5.91 Å². The van der Waals surface area contributed by atoms with E-state index in [1.807, 2.05) is 49.6 Å². The van der Waals surface area contributed by atoms with Gasteiger partial charge in [-0.1, -0.05) is 67.1 Å². The van der Waals surface area contributed by atoms with Gasteiger partial charge in [-0.15, -0.1) is 23.1 Å². The van der Waals surface area contributed by atoms with Crippen molar-refractivity contribution in [3.8, 4) is 11.1 Å².